The van der Waals surface area contributed by atoms with Gasteiger partial charge in [-0.2, -0.15) is 0 Å². The number of nitrogens with zero attached hydrogens (tertiary/aromatic N) is 2. The van der Waals surface area contributed by atoms with Crippen molar-refractivity contribution in [1.82, 2.24) is 9.38 Å². The smallest absolute Gasteiger partial charge is 0.194 e. The van der Waals surface area contributed by atoms with Crippen LogP contribution in [0.5, 0.6) is 0 Å². The van der Waals surface area contributed by atoms with Crippen LogP contribution >= 0.6 is 11.3 Å². The second-order valence-corrected chi connectivity index (χ2v) is 7.28. The number of ketones is 1. The number of thiazole rings is 1. The molecule has 2 N–H and O–H groups in total. The average molecular weight is 408 g/mol. The molecule has 0 spiro atoms. The number of benzene rings is 2. The molecule has 0 aliphatic rings. The summed E-state index contributed by atoms with van der Waals surface area (Å²) in [5, 5.41) is 20.6. The molecule has 0 aliphatic heterocycles. The van der Waals surface area contributed by atoms with Gasteiger partial charge >= 0.3 is 0 Å². The van der Waals surface area contributed by atoms with Gasteiger partial charge in [0.2, 0.25) is 0 Å². The molecule has 0 fully saturated rings. The van der Waals surface area contributed by atoms with E-state index >= 15 is 0 Å². The summed E-state index contributed by atoms with van der Waals surface area (Å²) in [6, 6.07) is 10.9. The van der Waals surface area contributed by atoms with E-state index in [-0.39, 0.29) is 24.8 Å². The summed E-state index contributed by atoms with van der Waals surface area (Å²) in [5.74, 6) is -0.563. The van der Waals surface area contributed by atoms with Crippen LogP contribution in [-0.2, 0) is 13.2 Å². The van der Waals surface area contributed by atoms with Gasteiger partial charge in [0.1, 0.15) is 5.82 Å². The molecular formula is C22H17FN2O3S. The summed E-state index contributed by atoms with van der Waals surface area (Å²) in [6.45, 7) is -0.458. The number of hydrogen-bond acceptors (Lipinski definition) is 5. The molecule has 0 saturated heterocycles. The number of carbonyl (C=O) groups excluding carboxylic acids is 1. The zero-order valence-electron chi connectivity index (χ0n) is 15.2. The maximum absolute atomic E-state index is 13.3. The number of aliphatic hydroxyl groups excluding tert-OH is 2. The van der Waals surface area contributed by atoms with Crippen LogP contribution in [0.4, 0.5) is 4.39 Å². The number of aromatic nitrogens is 2. The molecule has 29 heavy (non-hydrogen) atoms. The zero-order valence-corrected chi connectivity index (χ0v) is 16.1. The fourth-order valence-corrected chi connectivity index (χ4v) is 3.84. The Hall–Kier alpha value is -3.13. The van der Waals surface area contributed by atoms with Gasteiger partial charge in [0.25, 0.3) is 0 Å². The van der Waals surface area contributed by atoms with Gasteiger partial charge in [0.05, 0.1) is 24.6 Å². The van der Waals surface area contributed by atoms with E-state index in [1.807, 2.05) is 16.0 Å². The minimum absolute atomic E-state index is 0.201. The molecule has 4 aromatic rings. The average Bonchev–Trinajstić information content (AvgIpc) is 3.33. The summed E-state index contributed by atoms with van der Waals surface area (Å²) in [4.78, 5) is 18.0. The molecule has 4 rings (SSSR count). The van der Waals surface area contributed by atoms with Crippen molar-refractivity contribution in [2.75, 3.05) is 0 Å². The van der Waals surface area contributed by atoms with Crippen molar-refractivity contribution in [3.8, 4) is 11.3 Å². The standard InChI is InChI=1S/C22H17FN2O3S/c23-18-5-3-14(4-6-18)21-19(25-9-10-29-22(25)24-21)7-8-20(28)15-1-2-16(12-26)17(11-15)13-27/h1-11,26-27H,12-13H2/b8-7+. The third-order valence-corrected chi connectivity index (χ3v) is 5.40. The van der Waals surface area contributed by atoms with Crippen molar-refractivity contribution < 1.29 is 19.4 Å². The van der Waals surface area contributed by atoms with Gasteiger partial charge in [-0.25, -0.2) is 9.37 Å². The predicted molar refractivity (Wildman–Crippen MR) is 110 cm³/mol. The first-order chi connectivity index (χ1) is 14.1. The van der Waals surface area contributed by atoms with Gasteiger partial charge in [0, 0.05) is 22.7 Å². The Morgan fingerprint density at radius 1 is 1.10 bits per heavy atom. The van der Waals surface area contributed by atoms with E-state index in [0.29, 0.717) is 22.4 Å². The third kappa shape index (κ3) is 3.75. The number of allylic oxidation sites excluding steroid dienone is 1. The Morgan fingerprint density at radius 3 is 2.59 bits per heavy atom. The zero-order chi connectivity index (χ0) is 20.4. The quantitative estimate of drug-likeness (QED) is 0.372. The number of hydrogen-bond donors (Lipinski definition) is 2. The topological polar surface area (TPSA) is 74.8 Å². The molecule has 146 valence electrons. The van der Waals surface area contributed by atoms with E-state index in [4.69, 9.17) is 0 Å². The highest BCUT2D eigenvalue weighted by molar-refractivity contribution is 7.15. The first-order valence-corrected chi connectivity index (χ1v) is 9.76. The molecule has 2 aromatic heterocycles. The summed E-state index contributed by atoms with van der Waals surface area (Å²) >= 11 is 1.47. The lowest BCUT2D eigenvalue weighted by atomic mass is 10.0. The molecular weight excluding hydrogens is 391 g/mol. The lowest BCUT2D eigenvalue weighted by Crippen LogP contribution is -2.00. The number of fused-ring (bicyclic) bond motifs is 1. The number of rotatable bonds is 6. The van der Waals surface area contributed by atoms with Gasteiger partial charge in [0.15, 0.2) is 10.7 Å². The van der Waals surface area contributed by atoms with Gasteiger partial charge in [-0.05, 0) is 53.6 Å². The molecule has 0 bridgehead atoms. The second kappa shape index (κ2) is 8.08. The highest BCUT2D eigenvalue weighted by Gasteiger charge is 2.14. The molecule has 7 heteroatoms. The predicted octanol–water partition coefficient (Wildman–Crippen LogP) is 4.08. The van der Waals surface area contributed by atoms with E-state index in [9.17, 15) is 19.4 Å². The second-order valence-electron chi connectivity index (χ2n) is 6.41. The number of aliphatic hydroxyl groups is 2. The summed E-state index contributed by atoms with van der Waals surface area (Å²) in [6.07, 6.45) is 5.00. The Labute approximate surface area is 170 Å². The highest BCUT2D eigenvalue weighted by Crippen LogP contribution is 2.28. The highest BCUT2D eigenvalue weighted by atomic mass is 32.1. The van der Waals surface area contributed by atoms with E-state index in [1.54, 1.807) is 36.4 Å². The molecule has 0 radical (unpaired) electrons. The fraction of sp³-hybridized carbons (Fsp3) is 0.0909. The van der Waals surface area contributed by atoms with Crippen LogP contribution in [0.3, 0.4) is 0 Å². The van der Waals surface area contributed by atoms with Gasteiger partial charge in [-0.15, -0.1) is 11.3 Å². The molecule has 5 nitrogen and oxygen atoms in total. The van der Waals surface area contributed by atoms with Crippen molar-refractivity contribution >= 4 is 28.2 Å². The number of carbonyl (C=O) groups is 1. The lowest BCUT2D eigenvalue weighted by molar-refractivity contribution is 0.104. The first-order valence-electron chi connectivity index (χ1n) is 8.88. The van der Waals surface area contributed by atoms with E-state index < -0.39 is 0 Å². The Morgan fingerprint density at radius 2 is 1.86 bits per heavy atom. The van der Waals surface area contributed by atoms with Gasteiger partial charge in [-0.1, -0.05) is 12.1 Å². The Kier molecular flexibility index (Phi) is 5.35. The largest absolute Gasteiger partial charge is 0.392 e. The van der Waals surface area contributed by atoms with Crippen LogP contribution in [0.15, 0.2) is 60.1 Å². The molecule has 0 amide bonds. The fourth-order valence-electron chi connectivity index (χ4n) is 3.11. The summed E-state index contributed by atoms with van der Waals surface area (Å²) in [5.41, 5.74) is 3.65. The van der Waals surface area contributed by atoms with Crippen molar-refractivity contribution in [3.05, 3.63) is 88.3 Å². The minimum atomic E-state index is -0.326. The maximum Gasteiger partial charge on any atom is 0.194 e. The van der Waals surface area contributed by atoms with Crippen molar-refractivity contribution in [1.29, 1.82) is 0 Å². The van der Waals surface area contributed by atoms with Crippen LogP contribution in [0.1, 0.15) is 27.2 Å². The van der Waals surface area contributed by atoms with Crippen LogP contribution in [0.25, 0.3) is 22.3 Å². The normalized spacial score (nSPS) is 11.6. The molecule has 0 saturated carbocycles. The number of imidazole rings is 1. The summed E-state index contributed by atoms with van der Waals surface area (Å²) < 4.78 is 15.2. The van der Waals surface area contributed by atoms with Crippen molar-refractivity contribution in [2.24, 2.45) is 0 Å². The minimum Gasteiger partial charge on any atom is -0.392 e. The SMILES string of the molecule is O=C(/C=C/c1c(-c2ccc(F)cc2)nc2sccn12)c1ccc(CO)c(CO)c1. The third-order valence-electron chi connectivity index (χ3n) is 4.64. The van der Waals surface area contributed by atoms with Crippen molar-refractivity contribution in [3.63, 3.8) is 0 Å². The Balaban J connectivity index is 1.71. The van der Waals surface area contributed by atoms with E-state index in [1.165, 1.54) is 29.5 Å². The van der Waals surface area contributed by atoms with Crippen LogP contribution in [0, 0.1) is 5.82 Å². The van der Waals surface area contributed by atoms with Crippen LogP contribution < -0.4 is 0 Å². The maximum atomic E-state index is 13.3. The van der Waals surface area contributed by atoms with Gasteiger partial charge in [-0.3, -0.25) is 9.20 Å². The Bertz CT molecular complexity index is 1210. The summed E-state index contributed by atoms with van der Waals surface area (Å²) in [7, 11) is 0. The lowest BCUT2D eigenvalue weighted by Gasteiger charge is -2.06. The molecule has 0 unspecified atom stereocenters. The first kappa shape index (κ1) is 19.2. The number of halogens is 1. The molecule has 0 atom stereocenters. The van der Waals surface area contributed by atoms with Crippen molar-refractivity contribution in [2.45, 2.75) is 13.2 Å². The monoisotopic (exact) mass is 408 g/mol. The van der Waals surface area contributed by atoms with Gasteiger partial charge < -0.3 is 10.2 Å². The van der Waals surface area contributed by atoms with Crippen LogP contribution in [0.2, 0.25) is 0 Å². The van der Waals surface area contributed by atoms with E-state index in [2.05, 4.69) is 4.98 Å². The molecule has 2 heterocycles. The molecule has 0 aliphatic carbocycles. The van der Waals surface area contributed by atoms with Crippen LogP contribution in [-0.4, -0.2) is 25.4 Å². The molecule has 2 aromatic carbocycles. The van der Waals surface area contributed by atoms with E-state index in [0.717, 1.165) is 16.2 Å².